The molecule has 1 aromatic heterocycles. The molecule has 0 aliphatic carbocycles. The van der Waals surface area contributed by atoms with Crippen molar-refractivity contribution in [1.29, 1.82) is 0 Å². The lowest BCUT2D eigenvalue weighted by atomic mass is 10.3. The summed E-state index contributed by atoms with van der Waals surface area (Å²) >= 11 is 5.85. The molecule has 2 heterocycles. The lowest BCUT2D eigenvalue weighted by Crippen LogP contribution is -2.48. The first-order chi connectivity index (χ1) is 8.20. The van der Waals surface area contributed by atoms with Gasteiger partial charge < -0.3 is 9.80 Å². The predicted octanol–water partition coefficient (Wildman–Crippen LogP) is 1.57. The molecule has 0 aromatic carbocycles. The van der Waals surface area contributed by atoms with Crippen molar-refractivity contribution in [1.82, 2.24) is 9.88 Å². The zero-order chi connectivity index (χ0) is 12.3. The van der Waals surface area contributed by atoms with E-state index in [1.54, 1.807) is 11.0 Å². The van der Waals surface area contributed by atoms with Crippen LogP contribution in [0.3, 0.4) is 0 Å². The Labute approximate surface area is 105 Å². The van der Waals surface area contributed by atoms with Crippen molar-refractivity contribution in [2.45, 2.75) is 0 Å². The van der Waals surface area contributed by atoms with Crippen LogP contribution >= 0.6 is 11.6 Å². The van der Waals surface area contributed by atoms with Gasteiger partial charge >= 0.3 is 0 Å². The summed E-state index contributed by atoms with van der Waals surface area (Å²) in [5.41, 5.74) is 0. The van der Waals surface area contributed by atoms with E-state index in [1.807, 2.05) is 12.1 Å². The number of rotatable bonds is 2. The summed E-state index contributed by atoms with van der Waals surface area (Å²) in [5.74, 6) is 0.854. The first-order valence-corrected chi connectivity index (χ1v) is 5.87. The lowest BCUT2D eigenvalue weighted by molar-refractivity contribution is -0.126. The minimum absolute atomic E-state index is 0.0105. The Morgan fingerprint density at radius 2 is 2.06 bits per heavy atom. The molecule has 0 atom stereocenters. The highest BCUT2D eigenvalue weighted by Crippen LogP contribution is 2.16. The van der Waals surface area contributed by atoms with Crippen molar-refractivity contribution in [3.8, 4) is 0 Å². The van der Waals surface area contributed by atoms with E-state index in [-0.39, 0.29) is 5.91 Å². The molecule has 4 nitrogen and oxygen atoms in total. The fourth-order valence-electron chi connectivity index (χ4n) is 1.86. The number of nitrogens with zero attached hydrogens (tertiary/aromatic N) is 3. The largest absolute Gasteiger partial charge is 0.353 e. The molecule has 90 valence electrons. The molecule has 1 fully saturated rings. The molecule has 1 amide bonds. The number of amides is 1. The van der Waals surface area contributed by atoms with Crippen LogP contribution in [0.1, 0.15) is 0 Å². The predicted molar refractivity (Wildman–Crippen MR) is 68.2 cm³/mol. The number of carbonyl (C=O) groups is 1. The molecule has 1 saturated heterocycles. The first-order valence-electron chi connectivity index (χ1n) is 5.49. The van der Waals surface area contributed by atoms with Gasteiger partial charge in [0.1, 0.15) is 11.0 Å². The molecule has 0 N–H and O–H groups in total. The van der Waals surface area contributed by atoms with Crippen molar-refractivity contribution in [2.75, 3.05) is 31.1 Å². The summed E-state index contributed by atoms with van der Waals surface area (Å²) in [6.07, 6.45) is 1.35. The van der Waals surface area contributed by atoms with Crippen molar-refractivity contribution >= 4 is 23.3 Å². The molecule has 0 bridgehead atoms. The van der Waals surface area contributed by atoms with E-state index in [0.29, 0.717) is 18.2 Å². The van der Waals surface area contributed by atoms with Crippen LogP contribution in [0.25, 0.3) is 0 Å². The van der Waals surface area contributed by atoms with Gasteiger partial charge in [-0.05, 0) is 18.2 Å². The third-order valence-corrected chi connectivity index (χ3v) is 3.00. The summed E-state index contributed by atoms with van der Waals surface area (Å²) in [5, 5.41) is 0.493. The Morgan fingerprint density at radius 1 is 1.35 bits per heavy atom. The van der Waals surface area contributed by atoms with E-state index in [9.17, 15) is 4.79 Å². The minimum atomic E-state index is -0.0105. The Kier molecular flexibility index (Phi) is 3.64. The summed E-state index contributed by atoms with van der Waals surface area (Å²) in [7, 11) is 0. The van der Waals surface area contributed by atoms with E-state index >= 15 is 0 Å². The molecule has 0 spiro atoms. The van der Waals surface area contributed by atoms with Gasteiger partial charge in [0, 0.05) is 26.2 Å². The maximum Gasteiger partial charge on any atom is 0.246 e. The van der Waals surface area contributed by atoms with Crippen LogP contribution in [0.15, 0.2) is 30.9 Å². The van der Waals surface area contributed by atoms with Gasteiger partial charge in [-0.2, -0.15) is 0 Å². The van der Waals surface area contributed by atoms with Crippen molar-refractivity contribution in [3.05, 3.63) is 36.0 Å². The zero-order valence-corrected chi connectivity index (χ0v) is 10.2. The van der Waals surface area contributed by atoms with Crippen LogP contribution < -0.4 is 4.90 Å². The second-order valence-corrected chi connectivity index (χ2v) is 4.22. The zero-order valence-electron chi connectivity index (χ0n) is 9.47. The Hall–Kier alpha value is -1.55. The topological polar surface area (TPSA) is 36.4 Å². The number of halogens is 1. The van der Waals surface area contributed by atoms with E-state index < -0.39 is 0 Å². The van der Waals surface area contributed by atoms with Gasteiger partial charge in [0.2, 0.25) is 5.91 Å². The molecule has 1 aliphatic rings. The van der Waals surface area contributed by atoms with Crippen LogP contribution in [0.2, 0.25) is 5.15 Å². The highest BCUT2D eigenvalue weighted by Gasteiger charge is 2.20. The lowest BCUT2D eigenvalue weighted by Gasteiger charge is -2.34. The molecule has 5 heteroatoms. The molecular weight excluding hydrogens is 238 g/mol. The third-order valence-electron chi connectivity index (χ3n) is 2.79. The van der Waals surface area contributed by atoms with Crippen LogP contribution in [0.4, 0.5) is 5.82 Å². The van der Waals surface area contributed by atoms with Crippen LogP contribution in [0.5, 0.6) is 0 Å². The molecule has 1 aromatic rings. The molecule has 0 radical (unpaired) electrons. The molecule has 0 saturated carbocycles. The maximum atomic E-state index is 11.4. The summed E-state index contributed by atoms with van der Waals surface area (Å²) in [6, 6.07) is 5.56. The second-order valence-electron chi connectivity index (χ2n) is 3.83. The van der Waals surface area contributed by atoms with Gasteiger partial charge in [-0.3, -0.25) is 4.79 Å². The van der Waals surface area contributed by atoms with Gasteiger partial charge in [0.15, 0.2) is 0 Å². The number of aromatic nitrogens is 1. The Balaban J connectivity index is 1.99. The molecule has 0 unspecified atom stereocenters. The standard InChI is InChI=1S/C12H14ClN3O/c1-2-12(17)16-8-6-15(7-9-16)11-5-3-4-10(13)14-11/h2-5H,1,6-9H2. The molecule has 2 rings (SSSR count). The number of piperazine rings is 1. The normalized spacial score (nSPS) is 15.8. The SMILES string of the molecule is C=CC(=O)N1CCN(c2cccc(Cl)n2)CC1. The van der Waals surface area contributed by atoms with E-state index in [1.165, 1.54) is 6.08 Å². The smallest absolute Gasteiger partial charge is 0.246 e. The minimum Gasteiger partial charge on any atom is -0.353 e. The number of anilines is 1. The van der Waals surface area contributed by atoms with Crippen molar-refractivity contribution in [2.24, 2.45) is 0 Å². The van der Waals surface area contributed by atoms with Gasteiger partial charge in [-0.25, -0.2) is 4.98 Å². The summed E-state index contributed by atoms with van der Waals surface area (Å²) in [4.78, 5) is 19.6. The fourth-order valence-corrected chi connectivity index (χ4v) is 2.02. The van der Waals surface area contributed by atoms with Crippen molar-refractivity contribution in [3.63, 3.8) is 0 Å². The van der Waals surface area contributed by atoms with E-state index in [2.05, 4.69) is 16.5 Å². The fraction of sp³-hybridized carbons (Fsp3) is 0.333. The van der Waals surface area contributed by atoms with Crippen LogP contribution in [-0.2, 0) is 4.79 Å². The molecule has 1 aliphatic heterocycles. The quantitative estimate of drug-likeness (QED) is 0.591. The first kappa shape index (κ1) is 11.9. The highest BCUT2D eigenvalue weighted by atomic mass is 35.5. The van der Waals surface area contributed by atoms with Crippen molar-refractivity contribution < 1.29 is 4.79 Å². The third kappa shape index (κ3) is 2.77. The van der Waals surface area contributed by atoms with E-state index in [4.69, 9.17) is 11.6 Å². The Bertz CT molecular complexity index is 428. The number of hydrogen-bond donors (Lipinski definition) is 0. The maximum absolute atomic E-state index is 11.4. The highest BCUT2D eigenvalue weighted by molar-refractivity contribution is 6.29. The van der Waals surface area contributed by atoms with Gasteiger partial charge in [-0.15, -0.1) is 0 Å². The van der Waals surface area contributed by atoms with Gasteiger partial charge in [-0.1, -0.05) is 24.2 Å². The number of carbonyl (C=O) groups excluding carboxylic acids is 1. The molecule has 17 heavy (non-hydrogen) atoms. The summed E-state index contributed by atoms with van der Waals surface area (Å²) in [6.45, 7) is 6.42. The Morgan fingerprint density at radius 3 is 2.65 bits per heavy atom. The average molecular weight is 252 g/mol. The monoisotopic (exact) mass is 251 g/mol. The van der Waals surface area contributed by atoms with Crippen LogP contribution in [-0.4, -0.2) is 42.0 Å². The van der Waals surface area contributed by atoms with Gasteiger partial charge in [0.25, 0.3) is 0 Å². The van der Waals surface area contributed by atoms with Gasteiger partial charge in [0.05, 0.1) is 0 Å². The van der Waals surface area contributed by atoms with Crippen LogP contribution in [0, 0.1) is 0 Å². The summed E-state index contributed by atoms with van der Waals surface area (Å²) < 4.78 is 0. The number of hydrogen-bond acceptors (Lipinski definition) is 3. The van der Waals surface area contributed by atoms with E-state index in [0.717, 1.165) is 18.9 Å². The second kappa shape index (κ2) is 5.19. The molecular formula is C12H14ClN3O. The average Bonchev–Trinajstić information content (AvgIpc) is 2.38. The number of pyridine rings is 1.